The van der Waals surface area contributed by atoms with Crippen LogP contribution < -0.4 is 19.5 Å². The van der Waals surface area contributed by atoms with Crippen LogP contribution in [0.5, 0.6) is 17.2 Å². The van der Waals surface area contributed by atoms with Crippen molar-refractivity contribution in [2.45, 2.75) is 20.8 Å². The van der Waals surface area contributed by atoms with Crippen molar-refractivity contribution < 1.29 is 19.0 Å². The minimum atomic E-state index is -0.219. The number of hydrogen-bond acceptors (Lipinski definition) is 6. The molecule has 0 saturated carbocycles. The molecule has 2 aromatic rings. The van der Waals surface area contributed by atoms with Gasteiger partial charge in [0.15, 0.2) is 11.5 Å². The van der Waals surface area contributed by atoms with Crippen LogP contribution in [-0.2, 0) is 4.79 Å². The molecule has 5 nitrogen and oxygen atoms in total. The lowest BCUT2D eigenvalue weighted by atomic mass is 10.1. The van der Waals surface area contributed by atoms with E-state index >= 15 is 0 Å². The highest BCUT2D eigenvalue weighted by atomic mass is 35.5. The van der Waals surface area contributed by atoms with Crippen LogP contribution >= 0.6 is 35.6 Å². The third kappa shape index (κ3) is 5.68. The highest BCUT2D eigenvalue weighted by Gasteiger charge is 2.22. The largest absolute Gasteiger partial charge is 0.490 e. The number of thioether (sulfide) groups is 1. The van der Waals surface area contributed by atoms with Gasteiger partial charge in [0.2, 0.25) is 0 Å². The summed E-state index contributed by atoms with van der Waals surface area (Å²) in [6.45, 7) is 7.06. The summed E-state index contributed by atoms with van der Waals surface area (Å²) >= 11 is 12.7. The van der Waals surface area contributed by atoms with E-state index in [2.05, 4.69) is 11.4 Å². The summed E-state index contributed by atoms with van der Waals surface area (Å²) in [5.41, 5.74) is 2.99. The second-order valence-electron chi connectivity index (χ2n) is 6.58. The Morgan fingerprint density at radius 1 is 1.10 bits per heavy atom. The fourth-order valence-electron chi connectivity index (χ4n) is 2.90. The first-order valence-electron chi connectivity index (χ1n) is 9.41. The van der Waals surface area contributed by atoms with Crippen LogP contribution in [0.3, 0.4) is 0 Å². The number of ether oxygens (including phenoxy) is 3. The molecule has 1 aliphatic rings. The average Bonchev–Trinajstić information content (AvgIpc) is 2.99. The van der Waals surface area contributed by atoms with Gasteiger partial charge >= 0.3 is 0 Å². The minimum Gasteiger partial charge on any atom is -0.490 e. The Morgan fingerprint density at radius 2 is 1.87 bits per heavy atom. The summed E-state index contributed by atoms with van der Waals surface area (Å²) in [6.07, 6.45) is 1.72. The number of carbonyl (C=O) groups excluding carboxylic acids is 1. The Bertz CT molecular complexity index is 1010. The number of thiocarbonyl (C=S) groups is 1. The first-order valence-corrected chi connectivity index (χ1v) is 11.0. The molecule has 0 spiro atoms. The summed E-state index contributed by atoms with van der Waals surface area (Å²) in [5, 5.41) is 2.99. The molecule has 0 unspecified atom stereocenters. The molecule has 1 aliphatic heterocycles. The molecule has 2 aromatic carbocycles. The van der Waals surface area contributed by atoms with Crippen molar-refractivity contribution in [3.8, 4) is 17.2 Å². The molecule has 0 aromatic heterocycles. The van der Waals surface area contributed by atoms with Gasteiger partial charge in [-0.15, -0.1) is 0 Å². The lowest BCUT2D eigenvalue weighted by Crippen LogP contribution is -2.17. The molecule has 3 rings (SSSR count). The molecule has 158 valence electrons. The zero-order valence-corrected chi connectivity index (χ0v) is 19.3. The van der Waals surface area contributed by atoms with Gasteiger partial charge < -0.3 is 19.5 Å². The topological polar surface area (TPSA) is 56.8 Å². The maximum absolute atomic E-state index is 11.9. The Labute approximate surface area is 190 Å². The third-order valence-corrected chi connectivity index (χ3v) is 5.63. The first-order chi connectivity index (χ1) is 14.4. The van der Waals surface area contributed by atoms with Crippen molar-refractivity contribution in [3.05, 3.63) is 56.9 Å². The van der Waals surface area contributed by atoms with Crippen molar-refractivity contribution in [1.29, 1.82) is 0 Å². The Kier molecular flexibility index (Phi) is 7.64. The predicted octanol–water partition coefficient (Wildman–Crippen LogP) is 5.30. The number of aryl methyl sites for hydroxylation is 2. The van der Waals surface area contributed by atoms with Gasteiger partial charge in [-0.25, -0.2) is 0 Å². The molecule has 0 radical (unpaired) electrons. The fourth-order valence-corrected chi connectivity index (χ4v) is 4.22. The van der Waals surface area contributed by atoms with Crippen LogP contribution in [0.25, 0.3) is 6.08 Å². The number of rotatable bonds is 8. The average molecular weight is 464 g/mol. The van der Waals surface area contributed by atoms with Crippen molar-refractivity contribution >= 4 is 51.9 Å². The number of carbonyl (C=O) groups is 1. The molecule has 1 N–H and O–H groups in total. The summed E-state index contributed by atoms with van der Waals surface area (Å²) in [5.74, 6) is 1.56. The van der Waals surface area contributed by atoms with Crippen molar-refractivity contribution in [3.63, 3.8) is 0 Å². The third-order valence-electron chi connectivity index (χ3n) is 4.19. The lowest BCUT2D eigenvalue weighted by Gasteiger charge is -2.15. The minimum absolute atomic E-state index is 0.219. The molecule has 1 fully saturated rings. The van der Waals surface area contributed by atoms with Gasteiger partial charge in [-0.3, -0.25) is 4.79 Å². The number of hydrogen-bond donors (Lipinski definition) is 1. The quantitative estimate of drug-likeness (QED) is 0.325. The van der Waals surface area contributed by atoms with E-state index in [-0.39, 0.29) is 5.91 Å². The number of amides is 1. The first kappa shape index (κ1) is 22.5. The standard InChI is InChI=1S/C22H22ClNO4S2/c1-4-26-18-11-15(12-19-21(25)24-22(29)30-19)10-16(23)20(18)28-8-7-27-17-6-5-13(2)9-14(17)3/h5-6,9-12H,4,7-8H2,1-3H3,(H,24,25,29)/b19-12-. The van der Waals surface area contributed by atoms with Gasteiger partial charge in [0.25, 0.3) is 5.91 Å². The van der Waals surface area contributed by atoms with E-state index in [0.29, 0.717) is 45.6 Å². The van der Waals surface area contributed by atoms with E-state index in [0.717, 1.165) is 16.9 Å². The number of halogens is 1. The van der Waals surface area contributed by atoms with Gasteiger partial charge in [-0.05, 0) is 56.2 Å². The van der Waals surface area contributed by atoms with E-state index in [9.17, 15) is 4.79 Å². The van der Waals surface area contributed by atoms with Crippen LogP contribution in [0.15, 0.2) is 35.2 Å². The summed E-state index contributed by atoms with van der Waals surface area (Å²) in [4.78, 5) is 12.4. The monoisotopic (exact) mass is 463 g/mol. The van der Waals surface area contributed by atoms with Crippen molar-refractivity contribution in [1.82, 2.24) is 5.32 Å². The van der Waals surface area contributed by atoms with Crippen molar-refractivity contribution in [2.24, 2.45) is 0 Å². The highest BCUT2D eigenvalue weighted by molar-refractivity contribution is 8.26. The Balaban J connectivity index is 1.70. The van der Waals surface area contributed by atoms with Gasteiger partial charge in [-0.1, -0.05) is 53.3 Å². The molecular formula is C22H22ClNO4S2. The molecule has 1 saturated heterocycles. The molecule has 0 atom stereocenters. The maximum atomic E-state index is 11.9. The Hall–Kier alpha value is -2.22. The molecule has 0 bridgehead atoms. The van der Waals surface area contributed by atoms with Crippen LogP contribution in [-0.4, -0.2) is 30.0 Å². The summed E-state index contributed by atoms with van der Waals surface area (Å²) in [6, 6.07) is 9.55. The van der Waals surface area contributed by atoms with E-state index in [1.165, 1.54) is 17.3 Å². The van der Waals surface area contributed by atoms with Crippen LogP contribution in [0.2, 0.25) is 5.02 Å². The number of nitrogens with one attached hydrogen (secondary N) is 1. The van der Waals surface area contributed by atoms with Crippen LogP contribution in [0.1, 0.15) is 23.6 Å². The van der Waals surface area contributed by atoms with Crippen LogP contribution in [0, 0.1) is 13.8 Å². The maximum Gasteiger partial charge on any atom is 0.263 e. The number of benzene rings is 2. The normalized spacial score (nSPS) is 14.7. The second kappa shape index (κ2) is 10.2. The second-order valence-corrected chi connectivity index (χ2v) is 8.71. The molecule has 1 heterocycles. The van der Waals surface area contributed by atoms with Gasteiger partial charge in [-0.2, -0.15) is 0 Å². The summed E-state index contributed by atoms with van der Waals surface area (Å²) < 4.78 is 17.8. The predicted molar refractivity (Wildman–Crippen MR) is 126 cm³/mol. The van der Waals surface area contributed by atoms with Gasteiger partial charge in [0, 0.05) is 0 Å². The smallest absolute Gasteiger partial charge is 0.263 e. The molecule has 1 amide bonds. The van der Waals surface area contributed by atoms with Crippen molar-refractivity contribution in [2.75, 3.05) is 19.8 Å². The van der Waals surface area contributed by atoms with E-state index in [1.807, 2.05) is 32.9 Å². The molecule has 8 heteroatoms. The Morgan fingerprint density at radius 3 is 2.53 bits per heavy atom. The SMILES string of the molecule is CCOc1cc(/C=C2\SC(=S)NC2=O)cc(Cl)c1OCCOc1ccc(C)cc1C. The zero-order valence-electron chi connectivity index (χ0n) is 16.9. The molecule has 30 heavy (non-hydrogen) atoms. The zero-order chi connectivity index (χ0) is 21.7. The van der Waals surface area contributed by atoms with E-state index in [1.54, 1.807) is 18.2 Å². The molecule has 0 aliphatic carbocycles. The summed E-state index contributed by atoms with van der Waals surface area (Å²) in [7, 11) is 0. The van der Waals surface area contributed by atoms with Crippen LogP contribution in [0.4, 0.5) is 0 Å². The van der Waals surface area contributed by atoms with E-state index < -0.39 is 0 Å². The van der Waals surface area contributed by atoms with Gasteiger partial charge in [0.05, 0.1) is 16.5 Å². The highest BCUT2D eigenvalue weighted by Crippen LogP contribution is 2.38. The lowest BCUT2D eigenvalue weighted by molar-refractivity contribution is -0.115. The van der Waals surface area contributed by atoms with E-state index in [4.69, 9.17) is 38.0 Å². The van der Waals surface area contributed by atoms with Gasteiger partial charge in [0.1, 0.15) is 23.3 Å². The fraction of sp³-hybridized carbons (Fsp3) is 0.273. The molecular weight excluding hydrogens is 442 g/mol.